The minimum absolute atomic E-state index is 0.0504. The van der Waals surface area contributed by atoms with Gasteiger partial charge in [-0.05, 0) is 34.0 Å². The molecule has 0 radical (unpaired) electrons. The van der Waals surface area contributed by atoms with Crippen LogP contribution in [0.3, 0.4) is 0 Å². The summed E-state index contributed by atoms with van der Waals surface area (Å²) >= 11 is 3.30. The molecule has 0 fully saturated rings. The Hall–Kier alpha value is -0.610. The lowest BCUT2D eigenvalue weighted by molar-refractivity contribution is 0.695. The zero-order chi connectivity index (χ0) is 9.14. The highest BCUT2D eigenvalue weighted by Gasteiger charge is 2.05. The molecule has 1 atom stereocenters. The van der Waals surface area contributed by atoms with Crippen molar-refractivity contribution in [2.75, 3.05) is 5.73 Å². The molecular weight excluding hydrogens is 218 g/mol. The molecule has 0 spiro atoms. The fourth-order valence-corrected chi connectivity index (χ4v) is 1.27. The van der Waals surface area contributed by atoms with Crippen LogP contribution in [0.25, 0.3) is 0 Å². The number of nitrogen functional groups attached to an aromatic ring is 1. The van der Waals surface area contributed by atoms with Crippen molar-refractivity contribution in [1.82, 2.24) is 4.98 Å². The molecule has 0 aliphatic carbocycles. The molecule has 1 rings (SSSR count). The van der Waals surface area contributed by atoms with Crippen LogP contribution in [0.1, 0.15) is 24.9 Å². The zero-order valence-electron chi connectivity index (χ0n) is 6.92. The van der Waals surface area contributed by atoms with Crippen LogP contribution in [0.4, 0.5) is 5.82 Å². The van der Waals surface area contributed by atoms with Crippen LogP contribution < -0.4 is 11.5 Å². The van der Waals surface area contributed by atoms with E-state index in [0.717, 1.165) is 16.5 Å². The molecule has 1 aromatic rings. The van der Waals surface area contributed by atoms with Gasteiger partial charge >= 0.3 is 0 Å². The summed E-state index contributed by atoms with van der Waals surface area (Å²) < 4.78 is 0.809. The van der Waals surface area contributed by atoms with Crippen LogP contribution in [0, 0.1) is 0 Å². The van der Waals surface area contributed by atoms with E-state index in [9.17, 15) is 0 Å². The quantitative estimate of drug-likeness (QED) is 0.814. The van der Waals surface area contributed by atoms with Gasteiger partial charge in [-0.3, -0.25) is 0 Å². The highest BCUT2D eigenvalue weighted by Crippen LogP contribution is 2.21. The van der Waals surface area contributed by atoms with Gasteiger partial charge in [0, 0.05) is 12.2 Å². The van der Waals surface area contributed by atoms with Gasteiger partial charge in [0.2, 0.25) is 0 Å². The van der Waals surface area contributed by atoms with Crippen LogP contribution in [-0.4, -0.2) is 4.98 Å². The average molecular weight is 230 g/mol. The molecule has 1 aromatic heterocycles. The van der Waals surface area contributed by atoms with Gasteiger partial charge in [0.05, 0.1) is 4.47 Å². The van der Waals surface area contributed by atoms with Gasteiger partial charge in [-0.2, -0.15) is 0 Å². The van der Waals surface area contributed by atoms with Crippen molar-refractivity contribution in [3.8, 4) is 0 Å². The highest BCUT2D eigenvalue weighted by molar-refractivity contribution is 9.10. The van der Waals surface area contributed by atoms with E-state index in [1.54, 1.807) is 6.20 Å². The van der Waals surface area contributed by atoms with E-state index in [0.29, 0.717) is 5.82 Å². The number of nitrogens with zero attached hydrogens (tertiary/aromatic N) is 1. The summed E-state index contributed by atoms with van der Waals surface area (Å²) in [4.78, 5) is 4.00. The van der Waals surface area contributed by atoms with Gasteiger partial charge in [0.1, 0.15) is 5.82 Å². The summed E-state index contributed by atoms with van der Waals surface area (Å²) in [5.41, 5.74) is 12.4. The summed E-state index contributed by atoms with van der Waals surface area (Å²) in [7, 11) is 0. The molecule has 1 heterocycles. The van der Waals surface area contributed by atoms with Crippen molar-refractivity contribution < 1.29 is 0 Å². The van der Waals surface area contributed by atoms with Crippen LogP contribution in [0.15, 0.2) is 16.7 Å². The van der Waals surface area contributed by atoms with Crippen molar-refractivity contribution >= 4 is 21.7 Å². The first kappa shape index (κ1) is 9.48. The Balaban J connectivity index is 2.96. The average Bonchev–Trinajstić information content (AvgIpc) is 2.08. The second-order valence-electron chi connectivity index (χ2n) is 2.65. The number of anilines is 1. The third kappa shape index (κ3) is 1.95. The third-order valence-electron chi connectivity index (χ3n) is 1.76. The standard InChI is InChI=1S/C8H12BrN3/c1-2-7(10)5-3-6(9)8(11)12-4-5/h3-4,7H,2,10H2,1H3,(H2,11,12). The van der Waals surface area contributed by atoms with Crippen LogP contribution >= 0.6 is 15.9 Å². The number of aromatic nitrogens is 1. The fraction of sp³-hybridized carbons (Fsp3) is 0.375. The molecule has 0 aliphatic heterocycles. The first-order valence-electron chi connectivity index (χ1n) is 3.81. The summed E-state index contributed by atoms with van der Waals surface area (Å²) in [5.74, 6) is 0.502. The molecule has 0 aromatic carbocycles. The normalized spacial score (nSPS) is 12.9. The number of pyridine rings is 1. The van der Waals surface area contributed by atoms with E-state index >= 15 is 0 Å². The fourth-order valence-electron chi connectivity index (χ4n) is 0.902. The Morgan fingerprint density at radius 1 is 1.67 bits per heavy atom. The lowest BCUT2D eigenvalue weighted by atomic mass is 10.1. The smallest absolute Gasteiger partial charge is 0.137 e. The van der Waals surface area contributed by atoms with Crippen molar-refractivity contribution in [1.29, 1.82) is 0 Å². The number of halogens is 1. The minimum Gasteiger partial charge on any atom is -0.383 e. The maximum atomic E-state index is 5.81. The van der Waals surface area contributed by atoms with Crippen LogP contribution in [0.2, 0.25) is 0 Å². The maximum absolute atomic E-state index is 5.81. The van der Waals surface area contributed by atoms with E-state index in [2.05, 4.69) is 20.9 Å². The molecule has 4 heteroatoms. The van der Waals surface area contributed by atoms with Gasteiger partial charge in [-0.1, -0.05) is 6.92 Å². The number of hydrogen-bond acceptors (Lipinski definition) is 3. The predicted molar refractivity (Wildman–Crippen MR) is 53.6 cm³/mol. The molecule has 0 saturated heterocycles. The predicted octanol–water partition coefficient (Wildman–Crippen LogP) is 1.84. The van der Waals surface area contributed by atoms with Crippen molar-refractivity contribution in [3.63, 3.8) is 0 Å². The van der Waals surface area contributed by atoms with E-state index in [4.69, 9.17) is 11.5 Å². The molecule has 0 bridgehead atoms. The molecule has 66 valence electrons. The molecule has 4 N–H and O–H groups in total. The molecule has 0 aliphatic rings. The summed E-state index contributed by atoms with van der Waals surface area (Å²) in [6.45, 7) is 2.04. The third-order valence-corrected chi connectivity index (χ3v) is 2.39. The van der Waals surface area contributed by atoms with Gasteiger partial charge in [0.25, 0.3) is 0 Å². The van der Waals surface area contributed by atoms with Gasteiger partial charge < -0.3 is 11.5 Å². The topological polar surface area (TPSA) is 64.9 Å². The summed E-state index contributed by atoms with van der Waals surface area (Å²) in [6, 6.07) is 1.96. The van der Waals surface area contributed by atoms with Crippen LogP contribution in [-0.2, 0) is 0 Å². The Morgan fingerprint density at radius 2 is 2.33 bits per heavy atom. The van der Waals surface area contributed by atoms with E-state index in [-0.39, 0.29) is 6.04 Å². The van der Waals surface area contributed by atoms with Crippen molar-refractivity contribution in [3.05, 3.63) is 22.3 Å². The zero-order valence-corrected chi connectivity index (χ0v) is 8.51. The Kier molecular flexibility index (Phi) is 3.05. The Bertz CT molecular complexity index is 275. The van der Waals surface area contributed by atoms with Crippen molar-refractivity contribution in [2.24, 2.45) is 5.73 Å². The molecule has 3 nitrogen and oxygen atoms in total. The molecule has 0 amide bonds. The maximum Gasteiger partial charge on any atom is 0.137 e. The van der Waals surface area contributed by atoms with Gasteiger partial charge in [-0.15, -0.1) is 0 Å². The summed E-state index contributed by atoms with van der Waals surface area (Å²) in [5, 5.41) is 0. The number of hydrogen-bond donors (Lipinski definition) is 2. The number of rotatable bonds is 2. The van der Waals surface area contributed by atoms with Crippen LogP contribution in [0.5, 0.6) is 0 Å². The SMILES string of the molecule is CCC(N)c1cnc(N)c(Br)c1. The first-order valence-corrected chi connectivity index (χ1v) is 4.61. The molecule has 0 saturated carbocycles. The molecular formula is C8H12BrN3. The summed E-state index contributed by atoms with van der Waals surface area (Å²) in [6.07, 6.45) is 2.62. The van der Waals surface area contributed by atoms with E-state index in [1.165, 1.54) is 0 Å². The second kappa shape index (κ2) is 3.87. The van der Waals surface area contributed by atoms with Gasteiger partial charge in [-0.25, -0.2) is 4.98 Å². The largest absolute Gasteiger partial charge is 0.383 e. The van der Waals surface area contributed by atoms with E-state index < -0.39 is 0 Å². The molecule has 1 unspecified atom stereocenters. The Labute approximate surface area is 80.3 Å². The lowest BCUT2D eigenvalue weighted by Crippen LogP contribution is -2.09. The Morgan fingerprint density at radius 3 is 2.83 bits per heavy atom. The lowest BCUT2D eigenvalue weighted by Gasteiger charge is -2.09. The number of nitrogens with two attached hydrogens (primary N) is 2. The van der Waals surface area contributed by atoms with Gasteiger partial charge in [0.15, 0.2) is 0 Å². The highest BCUT2D eigenvalue weighted by atomic mass is 79.9. The van der Waals surface area contributed by atoms with E-state index in [1.807, 2.05) is 13.0 Å². The monoisotopic (exact) mass is 229 g/mol. The molecule has 12 heavy (non-hydrogen) atoms. The first-order chi connectivity index (χ1) is 5.65. The van der Waals surface area contributed by atoms with Crippen molar-refractivity contribution in [2.45, 2.75) is 19.4 Å². The minimum atomic E-state index is 0.0504. The second-order valence-corrected chi connectivity index (χ2v) is 3.50.